The zero-order valence-corrected chi connectivity index (χ0v) is 15.2. The second kappa shape index (κ2) is 7.43. The molecule has 1 aliphatic rings. The van der Waals surface area contributed by atoms with Gasteiger partial charge in [0.05, 0.1) is 0 Å². The number of nitrogens with one attached hydrogen (secondary N) is 1. The lowest BCUT2D eigenvalue weighted by Gasteiger charge is -2.27. The molecule has 1 N–H and O–H groups in total. The first-order valence-corrected chi connectivity index (χ1v) is 9.08. The van der Waals surface area contributed by atoms with E-state index < -0.39 is 29.4 Å². The lowest BCUT2D eigenvalue weighted by atomic mass is 9.94. The number of carbonyl (C=O) groups excluding carboxylic acids is 3. The highest BCUT2D eigenvalue weighted by Crippen LogP contribution is 2.30. The summed E-state index contributed by atoms with van der Waals surface area (Å²) in [6.45, 7) is 0.0628. The van der Waals surface area contributed by atoms with Gasteiger partial charge in [0.15, 0.2) is 0 Å². The molecule has 0 radical (unpaired) electrons. The highest BCUT2D eigenvalue weighted by atomic mass is 19.1. The van der Waals surface area contributed by atoms with Gasteiger partial charge in [0.25, 0.3) is 11.8 Å². The molecule has 0 spiro atoms. The van der Waals surface area contributed by atoms with Crippen molar-refractivity contribution in [3.8, 4) is 0 Å². The summed E-state index contributed by atoms with van der Waals surface area (Å²) >= 11 is 0. The van der Waals surface area contributed by atoms with E-state index in [-0.39, 0.29) is 25.1 Å². The van der Waals surface area contributed by atoms with E-state index in [9.17, 15) is 23.2 Å². The van der Waals surface area contributed by atoms with Gasteiger partial charge >= 0.3 is 0 Å². The summed E-state index contributed by atoms with van der Waals surface area (Å²) in [7, 11) is 0. The number of nitrogens with zero attached hydrogens (tertiary/aromatic N) is 1. The van der Waals surface area contributed by atoms with E-state index in [1.165, 1.54) is 0 Å². The maximum absolute atomic E-state index is 13.2. The minimum atomic E-state index is -0.794. The van der Waals surface area contributed by atoms with Crippen LogP contribution in [-0.4, -0.2) is 29.2 Å². The number of imide groups is 1. The second-order valence-corrected chi connectivity index (χ2v) is 6.78. The lowest BCUT2D eigenvalue weighted by molar-refractivity contribution is -0.116. The highest BCUT2D eigenvalue weighted by Gasteiger charge is 2.32. The first-order valence-electron chi connectivity index (χ1n) is 9.08. The number of hydrogen-bond acceptors (Lipinski definition) is 3. The van der Waals surface area contributed by atoms with Gasteiger partial charge in [-0.15, -0.1) is 0 Å². The van der Waals surface area contributed by atoms with Crippen LogP contribution < -0.4 is 5.32 Å². The molecule has 0 fully saturated rings. The Morgan fingerprint density at radius 3 is 2.07 bits per heavy atom. The van der Waals surface area contributed by atoms with E-state index in [1.807, 2.05) is 12.1 Å². The van der Waals surface area contributed by atoms with Crippen molar-refractivity contribution in [1.29, 1.82) is 0 Å². The van der Waals surface area contributed by atoms with Crippen molar-refractivity contribution in [2.24, 2.45) is 0 Å². The van der Waals surface area contributed by atoms with Gasteiger partial charge in [0, 0.05) is 41.2 Å². The maximum atomic E-state index is 13.2. The van der Waals surface area contributed by atoms with Crippen molar-refractivity contribution in [3.63, 3.8) is 0 Å². The Kier molecular flexibility index (Phi) is 4.80. The fraction of sp³-hybridized carbons (Fsp3) is 0.136. The van der Waals surface area contributed by atoms with Crippen molar-refractivity contribution in [3.05, 3.63) is 77.4 Å². The van der Waals surface area contributed by atoms with Gasteiger partial charge in [-0.05, 0) is 36.1 Å². The molecule has 0 atom stereocenters. The normalized spacial score (nSPS) is 13.1. The average Bonchev–Trinajstić information content (AvgIpc) is 2.67. The number of anilines is 1. The Balaban J connectivity index is 1.43. The van der Waals surface area contributed by atoms with Crippen LogP contribution in [-0.2, 0) is 4.79 Å². The van der Waals surface area contributed by atoms with Gasteiger partial charge in [-0.1, -0.05) is 24.3 Å². The monoisotopic (exact) mass is 394 g/mol. The summed E-state index contributed by atoms with van der Waals surface area (Å²) in [6.07, 6.45) is 0.209. The predicted molar refractivity (Wildman–Crippen MR) is 104 cm³/mol. The Bertz CT molecular complexity index is 1090. The molecule has 3 aromatic rings. The summed E-state index contributed by atoms with van der Waals surface area (Å²) in [6, 6.07) is 13.3. The third-order valence-corrected chi connectivity index (χ3v) is 4.79. The molecule has 3 amide bonds. The number of halogens is 2. The second-order valence-electron chi connectivity index (χ2n) is 6.78. The van der Waals surface area contributed by atoms with E-state index in [0.717, 1.165) is 22.4 Å². The fourth-order valence-electron chi connectivity index (χ4n) is 3.53. The summed E-state index contributed by atoms with van der Waals surface area (Å²) in [5, 5.41) is 3.88. The van der Waals surface area contributed by atoms with Crippen molar-refractivity contribution in [2.45, 2.75) is 12.8 Å². The van der Waals surface area contributed by atoms with Crippen LogP contribution in [0.25, 0.3) is 10.8 Å². The molecule has 29 heavy (non-hydrogen) atoms. The predicted octanol–water partition coefficient (Wildman–Crippen LogP) is 4.13. The fourth-order valence-corrected chi connectivity index (χ4v) is 3.53. The number of rotatable bonds is 5. The van der Waals surface area contributed by atoms with Crippen LogP contribution in [0, 0.1) is 11.6 Å². The summed E-state index contributed by atoms with van der Waals surface area (Å²) in [5.41, 5.74) is 0.924. The van der Waals surface area contributed by atoms with Gasteiger partial charge in [0.2, 0.25) is 5.91 Å². The van der Waals surface area contributed by atoms with Crippen molar-refractivity contribution in [1.82, 2.24) is 4.90 Å². The van der Waals surface area contributed by atoms with Gasteiger partial charge in [-0.3, -0.25) is 19.3 Å². The molecule has 0 aliphatic carbocycles. The number of amides is 3. The first-order chi connectivity index (χ1) is 13.9. The van der Waals surface area contributed by atoms with Crippen LogP contribution in [0.2, 0.25) is 0 Å². The quantitative estimate of drug-likeness (QED) is 0.662. The molecule has 1 aliphatic heterocycles. The summed E-state index contributed by atoms with van der Waals surface area (Å²) in [4.78, 5) is 38.7. The number of hydrogen-bond donors (Lipinski definition) is 1. The molecule has 0 saturated heterocycles. The van der Waals surface area contributed by atoms with Crippen molar-refractivity contribution >= 4 is 34.2 Å². The average molecular weight is 394 g/mol. The minimum absolute atomic E-state index is 0.0123. The molecule has 146 valence electrons. The highest BCUT2D eigenvalue weighted by molar-refractivity contribution is 6.25. The standard InChI is InChI=1S/C22H16F2N2O3/c23-14-10-15(24)12-16(11-14)25-19(27)8-3-9-26-21(28)17-6-1-4-13-5-2-7-18(20(13)17)22(26)29/h1-2,4-7,10-12H,3,8-9H2,(H,25,27). The Morgan fingerprint density at radius 1 is 0.897 bits per heavy atom. The van der Waals surface area contributed by atoms with Crippen LogP contribution in [0.15, 0.2) is 54.6 Å². The zero-order chi connectivity index (χ0) is 20.5. The molecular formula is C22H16F2N2O3. The lowest BCUT2D eigenvalue weighted by Crippen LogP contribution is -2.41. The molecule has 5 nitrogen and oxygen atoms in total. The Labute approximate surface area is 164 Å². The van der Waals surface area contributed by atoms with E-state index in [0.29, 0.717) is 22.6 Å². The largest absolute Gasteiger partial charge is 0.326 e. The number of carbonyl (C=O) groups is 3. The van der Waals surface area contributed by atoms with Gasteiger partial charge in [0.1, 0.15) is 11.6 Å². The Hall–Kier alpha value is -3.61. The summed E-state index contributed by atoms with van der Waals surface area (Å²) in [5.74, 6) is -2.84. The molecule has 1 heterocycles. The molecule has 0 bridgehead atoms. The van der Waals surface area contributed by atoms with Gasteiger partial charge in [-0.25, -0.2) is 8.78 Å². The Morgan fingerprint density at radius 2 is 1.48 bits per heavy atom. The third-order valence-electron chi connectivity index (χ3n) is 4.79. The summed E-state index contributed by atoms with van der Waals surface area (Å²) < 4.78 is 26.4. The van der Waals surface area contributed by atoms with Crippen molar-refractivity contribution < 1.29 is 23.2 Å². The molecule has 4 rings (SSSR count). The molecule has 0 saturated carbocycles. The van der Waals surface area contributed by atoms with Crippen LogP contribution in [0.3, 0.4) is 0 Å². The molecule has 0 unspecified atom stereocenters. The molecule has 7 heteroatoms. The topological polar surface area (TPSA) is 66.5 Å². The van der Waals surface area contributed by atoms with Crippen LogP contribution >= 0.6 is 0 Å². The van der Waals surface area contributed by atoms with E-state index in [4.69, 9.17) is 0 Å². The molecule has 3 aromatic carbocycles. The maximum Gasteiger partial charge on any atom is 0.261 e. The van der Waals surface area contributed by atoms with E-state index >= 15 is 0 Å². The number of benzene rings is 3. The first kappa shape index (κ1) is 18.7. The zero-order valence-electron chi connectivity index (χ0n) is 15.2. The van der Waals surface area contributed by atoms with Crippen LogP contribution in [0.4, 0.5) is 14.5 Å². The van der Waals surface area contributed by atoms with Crippen LogP contribution in [0.5, 0.6) is 0 Å². The van der Waals surface area contributed by atoms with Gasteiger partial charge < -0.3 is 5.32 Å². The van der Waals surface area contributed by atoms with Crippen LogP contribution in [0.1, 0.15) is 33.6 Å². The van der Waals surface area contributed by atoms with E-state index in [2.05, 4.69) is 5.32 Å². The minimum Gasteiger partial charge on any atom is -0.326 e. The van der Waals surface area contributed by atoms with E-state index in [1.54, 1.807) is 24.3 Å². The van der Waals surface area contributed by atoms with Gasteiger partial charge in [-0.2, -0.15) is 0 Å². The third kappa shape index (κ3) is 3.59. The molecule has 0 aromatic heterocycles. The van der Waals surface area contributed by atoms with Crippen molar-refractivity contribution in [2.75, 3.05) is 11.9 Å². The SMILES string of the molecule is O=C(CCCN1C(=O)c2cccc3cccc(c23)C1=O)Nc1cc(F)cc(F)c1. The molecular weight excluding hydrogens is 378 g/mol. The smallest absolute Gasteiger partial charge is 0.261 e.